The Morgan fingerprint density at radius 1 is 1.05 bits per heavy atom. The number of urea groups is 1. The number of nitrogens with one attached hydrogen (secondary N) is 2. The molecule has 0 spiro atoms. The molecule has 4 heteroatoms. The Balaban J connectivity index is 2.34. The maximum absolute atomic E-state index is 11.3. The van der Waals surface area contributed by atoms with E-state index in [1.165, 1.54) is 27.2 Å². The molecule has 0 saturated carbocycles. The minimum atomic E-state index is -0.0517. The summed E-state index contributed by atoms with van der Waals surface area (Å²) in [5.74, 6) is 0. The average molecular weight is 263 g/mol. The van der Waals surface area contributed by atoms with Crippen LogP contribution in [0.4, 0.5) is 4.79 Å². The minimum absolute atomic E-state index is 0.0517. The van der Waals surface area contributed by atoms with E-state index in [0.29, 0.717) is 6.54 Å². The first-order valence-electron chi connectivity index (χ1n) is 6.64. The molecule has 0 aromatic heterocycles. The summed E-state index contributed by atoms with van der Waals surface area (Å²) in [6.45, 7) is 8.65. The first-order valence-corrected chi connectivity index (χ1v) is 6.64. The summed E-state index contributed by atoms with van der Waals surface area (Å²) in [5.41, 5.74) is 5.29. The second-order valence-corrected chi connectivity index (χ2v) is 5.17. The Labute approximate surface area is 116 Å². The van der Waals surface area contributed by atoms with Crippen molar-refractivity contribution < 1.29 is 4.79 Å². The van der Waals surface area contributed by atoms with Crippen LogP contribution in [0.3, 0.4) is 0 Å². The van der Waals surface area contributed by atoms with Crippen LogP contribution in [0.2, 0.25) is 0 Å². The maximum Gasteiger partial charge on any atom is 0.316 e. The van der Waals surface area contributed by atoms with Gasteiger partial charge < -0.3 is 15.5 Å². The lowest BCUT2D eigenvalue weighted by Crippen LogP contribution is -2.38. The van der Waals surface area contributed by atoms with Gasteiger partial charge >= 0.3 is 6.03 Å². The summed E-state index contributed by atoms with van der Waals surface area (Å²) in [6, 6.07) is 4.40. The maximum atomic E-state index is 11.3. The van der Waals surface area contributed by atoms with E-state index in [1.807, 2.05) is 0 Å². The second-order valence-electron chi connectivity index (χ2n) is 5.17. The van der Waals surface area contributed by atoms with Crippen LogP contribution in [-0.2, 0) is 6.54 Å². The quantitative estimate of drug-likeness (QED) is 0.798. The van der Waals surface area contributed by atoms with E-state index < -0.39 is 0 Å². The van der Waals surface area contributed by atoms with Gasteiger partial charge in [-0.15, -0.1) is 0 Å². The van der Waals surface area contributed by atoms with Crippen LogP contribution in [0.25, 0.3) is 0 Å². The third-order valence-corrected chi connectivity index (χ3v) is 3.25. The monoisotopic (exact) mass is 263 g/mol. The van der Waals surface area contributed by atoms with Crippen molar-refractivity contribution in [3.05, 3.63) is 34.4 Å². The molecular weight excluding hydrogens is 238 g/mol. The molecule has 0 unspecified atom stereocenters. The van der Waals surface area contributed by atoms with Gasteiger partial charge in [-0.1, -0.05) is 12.1 Å². The molecule has 2 amide bonds. The van der Waals surface area contributed by atoms with Crippen molar-refractivity contribution in [2.24, 2.45) is 0 Å². The van der Waals surface area contributed by atoms with E-state index in [1.54, 1.807) is 14.1 Å². The summed E-state index contributed by atoms with van der Waals surface area (Å²) in [6.07, 6.45) is 0. The van der Waals surface area contributed by atoms with E-state index in [9.17, 15) is 4.79 Å². The largest absolute Gasteiger partial charge is 0.337 e. The highest BCUT2D eigenvalue weighted by Gasteiger charge is 2.03. The smallest absolute Gasteiger partial charge is 0.316 e. The van der Waals surface area contributed by atoms with Crippen molar-refractivity contribution in [1.82, 2.24) is 15.5 Å². The van der Waals surface area contributed by atoms with Gasteiger partial charge in [0.05, 0.1) is 0 Å². The van der Waals surface area contributed by atoms with Crippen molar-refractivity contribution >= 4 is 6.03 Å². The highest BCUT2D eigenvalue weighted by Crippen LogP contribution is 2.14. The van der Waals surface area contributed by atoms with Crippen LogP contribution in [0.15, 0.2) is 12.1 Å². The van der Waals surface area contributed by atoms with Gasteiger partial charge in [0.25, 0.3) is 0 Å². The predicted molar refractivity (Wildman–Crippen MR) is 79.4 cm³/mol. The van der Waals surface area contributed by atoms with Crippen molar-refractivity contribution in [3.8, 4) is 0 Å². The molecule has 0 saturated heterocycles. The molecule has 0 heterocycles. The molecular formula is C15H25N3O. The predicted octanol–water partition coefficient (Wildman–Crippen LogP) is 1.97. The van der Waals surface area contributed by atoms with Gasteiger partial charge in [0.15, 0.2) is 0 Å². The van der Waals surface area contributed by atoms with Crippen LogP contribution in [0, 0.1) is 20.8 Å². The van der Waals surface area contributed by atoms with Crippen LogP contribution in [-0.4, -0.2) is 38.1 Å². The number of hydrogen-bond donors (Lipinski definition) is 2. The zero-order valence-corrected chi connectivity index (χ0v) is 12.6. The number of benzene rings is 1. The van der Waals surface area contributed by atoms with E-state index in [4.69, 9.17) is 0 Å². The third kappa shape index (κ3) is 4.91. The first kappa shape index (κ1) is 15.5. The number of carbonyl (C=O) groups excluding carboxylic acids is 1. The van der Waals surface area contributed by atoms with Gasteiger partial charge in [0.2, 0.25) is 0 Å². The minimum Gasteiger partial charge on any atom is -0.337 e. The Morgan fingerprint density at radius 3 is 2.32 bits per heavy atom. The number of amides is 2. The fraction of sp³-hybridized carbons (Fsp3) is 0.533. The molecule has 0 aliphatic rings. The van der Waals surface area contributed by atoms with Crippen LogP contribution < -0.4 is 10.6 Å². The van der Waals surface area contributed by atoms with E-state index in [-0.39, 0.29) is 6.03 Å². The molecule has 1 aromatic rings. The summed E-state index contributed by atoms with van der Waals surface area (Å²) < 4.78 is 0. The van der Waals surface area contributed by atoms with Crippen molar-refractivity contribution in [2.75, 3.05) is 27.2 Å². The molecule has 0 bridgehead atoms. The summed E-state index contributed by atoms with van der Waals surface area (Å²) in [5, 5.41) is 6.18. The molecule has 1 aromatic carbocycles. The van der Waals surface area contributed by atoms with Gasteiger partial charge in [0, 0.05) is 33.7 Å². The fourth-order valence-electron chi connectivity index (χ4n) is 1.85. The lowest BCUT2D eigenvalue weighted by Gasteiger charge is -2.13. The van der Waals surface area contributed by atoms with Crippen LogP contribution >= 0.6 is 0 Å². The van der Waals surface area contributed by atoms with Crippen molar-refractivity contribution in [2.45, 2.75) is 27.3 Å². The number of carbonyl (C=O) groups is 1. The summed E-state index contributed by atoms with van der Waals surface area (Å²) in [7, 11) is 3.47. The van der Waals surface area contributed by atoms with Crippen molar-refractivity contribution in [1.29, 1.82) is 0 Å². The Bertz CT molecular complexity index is 441. The number of rotatable bonds is 5. The molecule has 0 aliphatic carbocycles. The van der Waals surface area contributed by atoms with Gasteiger partial charge in [-0.2, -0.15) is 0 Å². The summed E-state index contributed by atoms with van der Waals surface area (Å²) >= 11 is 0. The fourth-order valence-corrected chi connectivity index (χ4v) is 1.85. The molecule has 4 nitrogen and oxygen atoms in total. The average Bonchev–Trinajstić information content (AvgIpc) is 2.34. The lowest BCUT2D eigenvalue weighted by atomic mass is 10.0. The zero-order chi connectivity index (χ0) is 14.4. The lowest BCUT2D eigenvalue weighted by molar-refractivity contribution is 0.217. The molecule has 1 rings (SSSR count). The molecule has 0 fully saturated rings. The Kier molecular flexibility index (Phi) is 5.83. The summed E-state index contributed by atoms with van der Waals surface area (Å²) in [4.78, 5) is 12.8. The van der Waals surface area contributed by atoms with Crippen LogP contribution in [0.1, 0.15) is 22.3 Å². The highest BCUT2D eigenvalue weighted by atomic mass is 16.2. The van der Waals surface area contributed by atoms with E-state index >= 15 is 0 Å². The van der Waals surface area contributed by atoms with Gasteiger partial charge in [-0.25, -0.2) is 4.79 Å². The number of aryl methyl sites for hydroxylation is 3. The molecule has 0 radical (unpaired) electrons. The standard InChI is InChI=1S/C15H25N3O/c1-11-8-13(3)14(9-12(11)2)10-16-6-7-17-15(19)18(4)5/h8-9,16H,6-7,10H2,1-5H3,(H,17,19). The Hall–Kier alpha value is -1.55. The SMILES string of the molecule is Cc1cc(C)c(CNCCNC(=O)N(C)C)cc1C. The Morgan fingerprint density at radius 2 is 1.68 bits per heavy atom. The number of hydrogen-bond acceptors (Lipinski definition) is 2. The molecule has 19 heavy (non-hydrogen) atoms. The van der Waals surface area contributed by atoms with Crippen LogP contribution in [0.5, 0.6) is 0 Å². The zero-order valence-electron chi connectivity index (χ0n) is 12.6. The second kappa shape index (κ2) is 7.14. The topological polar surface area (TPSA) is 44.4 Å². The van der Waals surface area contributed by atoms with E-state index in [0.717, 1.165) is 13.1 Å². The van der Waals surface area contributed by atoms with Crippen molar-refractivity contribution in [3.63, 3.8) is 0 Å². The third-order valence-electron chi connectivity index (χ3n) is 3.25. The molecule has 2 N–H and O–H groups in total. The normalized spacial score (nSPS) is 10.4. The highest BCUT2D eigenvalue weighted by molar-refractivity contribution is 5.73. The first-order chi connectivity index (χ1) is 8.91. The van der Waals surface area contributed by atoms with Gasteiger partial charge in [-0.05, 0) is 43.0 Å². The van der Waals surface area contributed by atoms with Gasteiger partial charge in [0.1, 0.15) is 0 Å². The van der Waals surface area contributed by atoms with E-state index in [2.05, 4.69) is 43.5 Å². The number of nitrogens with zero attached hydrogens (tertiary/aromatic N) is 1. The molecule has 0 atom stereocenters. The van der Waals surface area contributed by atoms with Gasteiger partial charge in [-0.3, -0.25) is 0 Å². The molecule has 0 aliphatic heterocycles. The molecule has 106 valence electrons.